The van der Waals surface area contributed by atoms with Crippen LogP contribution in [0.5, 0.6) is 0 Å². The minimum absolute atomic E-state index is 0.0342. The lowest BCUT2D eigenvalue weighted by Gasteiger charge is -2.30. The van der Waals surface area contributed by atoms with Crippen molar-refractivity contribution in [1.29, 1.82) is 5.26 Å². The maximum atomic E-state index is 12.9. The summed E-state index contributed by atoms with van der Waals surface area (Å²) in [5.41, 5.74) is 0.109. The molecular formula is C14H16FN3O3S. The third-order valence-corrected chi connectivity index (χ3v) is 4.41. The lowest BCUT2D eigenvalue weighted by molar-refractivity contribution is 0.0914. The van der Waals surface area contributed by atoms with Crippen LogP contribution in [0.3, 0.4) is 0 Å². The molecule has 0 spiro atoms. The molecule has 0 saturated carbocycles. The van der Waals surface area contributed by atoms with Gasteiger partial charge in [0.2, 0.25) is 0 Å². The number of nitrogens with zero attached hydrogens (tertiary/aromatic N) is 2. The summed E-state index contributed by atoms with van der Waals surface area (Å²) in [6, 6.07) is 6.95. The summed E-state index contributed by atoms with van der Waals surface area (Å²) in [6.45, 7) is 1.81. The molecule has 1 aliphatic rings. The fourth-order valence-corrected chi connectivity index (χ4v) is 2.90. The van der Waals surface area contributed by atoms with E-state index in [1.807, 2.05) is 4.90 Å². The second-order valence-electron chi connectivity index (χ2n) is 5.15. The van der Waals surface area contributed by atoms with E-state index in [0.29, 0.717) is 19.4 Å². The van der Waals surface area contributed by atoms with Crippen LogP contribution in [0.2, 0.25) is 0 Å². The van der Waals surface area contributed by atoms with E-state index in [9.17, 15) is 17.1 Å². The molecule has 1 N–H and O–H groups in total. The van der Waals surface area contributed by atoms with Gasteiger partial charge in [-0.05, 0) is 31.0 Å². The Morgan fingerprint density at radius 2 is 2.09 bits per heavy atom. The summed E-state index contributed by atoms with van der Waals surface area (Å²) in [6.07, 6.45) is 1.43. The molecule has 1 aromatic rings. The van der Waals surface area contributed by atoms with Gasteiger partial charge in [0.05, 0.1) is 17.5 Å². The first-order chi connectivity index (χ1) is 10.4. The Labute approximate surface area is 128 Å². The number of carbonyl (C=O) groups excluding carboxylic acids is 1. The monoisotopic (exact) mass is 325 g/mol. The minimum atomic E-state index is -4.82. The van der Waals surface area contributed by atoms with Crippen LogP contribution in [0, 0.1) is 11.3 Å². The average molecular weight is 325 g/mol. The fraction of sp³-hybridized carbons (Fsp3) is 0.429. The smallest absolute Gasteiger partial charge is 0.332 e. The van der Waals surface area contributed by atoms with Gasteiger partial charge in [0.25, 0.3) is 5.91 Å². The van der Waals surface area contributed by atoms with E-state index in [2.05, 4.69) is 11.4 Å². The van der Waals surface area contributed by atoms with E-state index in [1.54, 1.807) is 0 Å². The van der Waals surface area contributed by atoms with Crippen LogP contribution in [0.1, 0.15) is 23.2 Å². The number of carbonyl (C=O) groups is 1. The van der Waals surface area contributed by atoms with Crippen molar-refractivity contribution in [3.63, 3.8) is 0 Å². The third-order valence-electron chi connectivity index (χ3n) is 3.59. The Kier molecular flexibility index (Phi) is 5.11. The van der Waals surface area contributed by atoms with Gasteiger partial charge in [0.1, 0.15) is 0 Å². The highest BCUT2D eigenvalue weighted by molar-refractivity contribution is 7.86. The van der Waals surface area contributed by atoms with Gasteiger partial charge in [0.15, 0.2) is 0 Å². The van der Waals surface area contributed by atoms with Gasteiger partial charge in [-0.15, -0.1) is 3.89 Å². The predicted molar refractivity (Wildman–Crippen MR) is 77.3 cm³/mol. The van der Waals surface area contributed by atoms with Gasteiger partial charge in [-0.3, -0.25) is 9.69 Å². The Morgan fingerprint density at radius 3 is 2.68 bits per heavy atom. The van der Waals surface area contributed by atoms with E-state index in [1.165, 1.54) is 12.1 Å². The average Bonchev–Trinajstić information content (AvgIpc) is 2.49. The molecule has 0 aliphatic carbocycles. The standard InChI is InChI=1S/C14H16FN3O3S/c15-22(20,21)13-3-1-2-11(10-13)14(19)17-12-4-7-18(8-5-12)9-6-16/h1-3,10,12H,4-5,7-9H2,(H,17,19). The van der Waals surface area contributed by atoms with Gasteiger partial charge in [-0.25, -0.2) is 0 Å². The van der Waals surface area contributed by atoms with E-state index in [4.69, 9.17) is 5.26 Å². The Bertz CT molecular complexity index is 692. The number of likely N-dealkylation sites (tertiary alicyclic amines) is 1. The number of rotatable bonds is 4. The lowest BCUT2D eigenvalue weighted by Crippen LogP contribution is -2.44. The first-order valence-corrected chi connectivity index (χ1v) is 8.23. The predicted octanol–water partition coefficient (Wildman–Crippen LogP) is 1.06. The van der Waals surface area contributed by atoms with E-state index >= 15 is 0 Å². The molecule has 8 heteroatoms. The number of amides is 1. The molecule has 0 atom stereocenters. The van der Waals surface area contributed by atoms with Crippen molar-refractivity contribution in [2.24, 2.45) is 0 Å². The quantitative estimate of drug-likeness (QED) is 0.660. The topological polar surface area (TPSA) is 90.3 Å². The Balaban J connectivity index is 1.98. The van der Waals surface area contributed by atoms with Crippen LogP contribution in [0.4, 0.5) is 3.89 Å². The van der Waals surface area contributed by atoms with Crippen molar-refractivity contribution >= 4 is 16.1 Å². The summed E-state index contributed by atoms with van der Waals surface area (Å²) in [4.78, 5) is 13.6. The van der Waals surface area contributed by atoms with Gasteiger partial charge >= 0.3 is 10.2 Å². The zero-order chi connectivity index (χ0) is 16.2. The van der Waals surface area contributed by atoms with Crippen molar-refractivity contribution in [2.75, 3.05) is 19.6 Å². The number of nitrogens with one attached hydrogen (secondary N) is 1. The molecule has 2 rings (SSSR count). The number of benzene rings is 1. The maximum absolute atomic E-state index is 12.9. The molecule has 6 nitrogen and oxygen atoms in total. The first-order valence-electron chi connectivity index (χ1n) is 6.85. The Morgan fingerprint density at radius 1 is 1.41 bits per heavy atom. The summed E-state index contributed by atoms with van der Waals surface area (Å²) in [5.74, 6) is -0.427. The molecule has 0 radical (unpaired) electrons. The highest BCUT2D eigenvalue weighted by Crippen LogP contribution is 2.15. The minimum Gasteiger partial charge on any atom is -0.349 e. The number of halogens is 1. The molecule has 118 valence electrons. The summed E-state index contributed by atoms with van der Waals surface area (Å²) in [7, 11) is -4.82. The van der Waals surface area contributed by atoms with Crippen molar-refractivity contribution in [1.82, 2.24) is 10.2 Å². The largest absolute Gasteiger partial charge is 0.349 e. The Hall–Kier alpha value is -1.98. The molecule has 0 unspecified atom stereocenters. The lowest BCUT2D eigenvalue weighted by atomic mass is 10.0. The SMILES string of the molecule is N#CCN1CCC(NC(=O)c2cccc(S(=O)(=O)F)c2)CC1. The molecule has 1 amide bonds. The van der Waals surface area contributed by atoms with E-state index < -0.39 is 21.0 Å². The number of hydrogen-bond acceptors (Lipinski definition) is 5. The molecule has 0 bridgehead atoms. The van der Waals surface area contributed by atoms with Crippen LogP contribution in [0.25, 0.3) is 0 Å². The number of nitriles is 1. The molecule has 1 aromatic carbocycles. The molecule has 1 aliphatic heterocycles. The van der Waals surface area contributed by atoms with E-state index in [0.717, 1.165) is 25.2 Å². The molecule has 1 fully saturated rings. The number of hydrogen-bond donors (Lipinski definition) is 1. The van der Waals surface area contributed by atoms with E-state index in [-0.39, 0.29) is 11.6 Å². The zero-order valence-electron chi connectivity index (χ0n) is 11.8. The molecule has 1 heterocycles. The summed E-state index contributed by atoms with van der Waals surface area (Å²) in [5, 5.41) is 11.4. The third kappa shape index (κ3) is 4.26. The van der Waals surface area contributed by atoms with Crippen molar-refractivity contribution < 1.29 is 17.1 Å². The molecule has 0 aromatic heterocycles. The molecule has 22 heavy (non-hydrogen) atoms. The maximum Gasteiger partial charge on any atom is 0.332 e. The zero-order valence-corrected chi connectivity index (χ0v) is 12.6. The number of piperidine rings is 1. The second-order valence-corrected chi connectivity index (χ2v) is 6.49. The first kappa shape index (κ1) is 16.4. The van der Waals surface area contributed by atoms with Crippen molar-refractivity contribution in [3.05, 3.63) is 29.8 Å². The fourth-order valence-electron chi connectivity index (χ4n) is 2.39. The summed E-state index contributed by atoms with van der Waals surface area (Å²) < 4.78 is 34.7. The van der Waals surface area contributed by atoms with Gasteiger partial charge in [0, 0.05) is 24.7 Å². The van der Waals surface area contributed by atoms with Crippen LogP contribution in [-0.2, 0) is 10.2 Å². The van der Waals surface area contributed by atoms with Crippen LogP contribution in [-0.4, -0.2) is 44.9 Å². The molecule has 1 saturated heterocycles. The second kappa shape index (κ2) is 6.85. The highest BCUT2D eigenvalue weighted by atomic mass is 32.3. The van der Waals surface area contributed by atoms with Crippen molar-refractivity contribution in [3.8, 4) is 6.07 Å². The van der Waals surface area contributed by atoms with Crippen LogP contribution < -0.4 is 5.32 Å². The van der Waals surface area contributed by atoms with Gasteiger partial charge in [-0.1, -0.05) is 6.07 Å². The summed E-state index contributed by atoms with van der Waals surface area (Å²) >= 11 is 0. The van der Waals surface area contributed by atoms with Crippen LogP contribution >= 0.6 is 0 Å². The molecular weight excluding hydrogens is 309 g/mol. The van der Waals surface area contributed by atoms with Crippen molar-refractivity contribution in [2.45, 2.75) is 23.8 Å². The van der Waals surface area contributed by atoms with Gasteiger partial charge < -0.3 is 5.32 Å². The normalized spacial score (nSPS) is 16.9. The highest BCUT2D eigenvalue weighted by Gasteiger charge is 2.21. The van der Waals surface area contributed by atoms with Crippen LogP contribution in [0.15, 0.2) is 29.2 Å². The van der Waals surface area contributed by atoms with Gasteiger partial charge in [-0.2, -0.15) is 13.7 Å².